The number of benzene rings is 11. The van der Waals surface area contributed by atoms with Crippen molar-refractivity contribution in [3.63, 3.8) is 0 Å². The van der Waals surface area contributed by atoms with Crippen LogP contribution in [0.2, 0.25) is 0 Å². The normalized spacial score (nSPS) is 11.6. The zero-order chi connectivity index (χ0) is 43.8. The molecule has 1 aromatic heterocycles. The van der Waals surface area contributed by atoms with E-state index in [1.165, 1.54) is 71.2 Å². The van der Waals surface area contributed by atoms with Gasteiger partial charge in [0.1, 0.15) is 0 Å². The third-order valence-electron chi connectivity index (χ3n) is 12.9. The smallest absolute Gasteiger partial charge is 0.0561 e. The predicted octanol–water partition coefficient (Wildman–Crippen LogP) is 17.7. The van der Waals surface area contributed by atoms with Gasteiger partial charge in [0.05, 0.1) is 11.0 Å². The molecule has 66 heavy (non-hydrogen) atoms. The number of para-hydroxylation sites is 3. The van der Waals surface area contributed by atoms with Gasteiger partial charge in [-0.3, -0.25) is 0 Å². The summed E-state index contributed by atoms with van der Waals surface area (Å²) in [5.74, 6) is 0. The van der Waals surface area contributed by atoms with Crippen molar-refractivity contribution in [2.24, 2.45) is 0 Å². The number of fused-ring (bicyclic) bond motifs is 5. The van der Waals surface area contributed by atoms with E-state index in [1.807, 2.05) is 0 Å². The van der Waals surface area contributed by atoms with Gasteiger partial charge in [0.15, 0.2) is 0 Å². The van der Waals surface area contributed by atoms with Crippen LogP contribution in [-0.4, -0.2) is 4.57 Å². The minimum Gasteiger partial charge on any atom is -0.310 e. The number of hydrogen-bond donors (Lipinski definition) is 0. The highest BCUT2D eigenvalue weighted by Gasteiger charge is 2.18. The van der Waals surface area contributed by atoms with E-state index in [0.29, 0.717) is 0 Å². The molecule has 0 saturated carbocycles. The average molecular weight is 841 g/mol. The Bertz CT molecular complexity index is 3680. The van der Waals surface area contributed by atoms with Gasteiger partial charge in [-0.1, -0.05) is 188 Å². The van der Waals surface area contributed by atoms with E-state index in [4.69, 9.17) is 0 Å². The van der Waals surface area contributed by atoms with Crippen LogP contribution in [0.4, 0.5) is 17.1 Å². The molecule has 0 aliphatic rings. The van der Waals surface area contributed by atoms with Crippen molar-refractivity contribution < 1.29 is 0 Å². The Kier molecular flexibility index (Phi) is 9.89. The molecular formula is C64H44N2. The van der Waals surface area contributed by atoms with E-state index < -0.39 is 0 Å². The summed E-state index contributed by atoms with van der Waals surface area (Å²) in [4.78, 5) is 2.33. The summed E-state index contributed by atoms with van der Waals surface area (Å²) in [5.41, 5.74) is 16.5. The van der Waals surface area contributed by atoms with Crippen molar-refractivity contribution in [2.75, 3.05) is 4.90 Å². The van der Waals surface area contributed by atoms with Crippen molar-refractivity contribution >= 4 is 72.6 Å². The van der Waals surface area contributed by atoms with Crippen molar-refractivity contribution in [3.05, 3.63) is 266 Å². The summed E-state index contributed by atoms with van der Waals surface area (Å²) in [7, 11) is 0. The molecule has 0 unspecified atom stereocenters. The van der Waals surface area contributed by atoms with Crippen LogP contribution < -0.4 is 4.90 Å². The summed E-state index contributed by atoms with van der Waals surface area (Å²) in [6, 6.07) is 92.3. The molecule has 11 aromatic carbocycles. The third-order valence-corrected chi connectivity index (χ3v) is 12.9. The fraction of sp³-hybridized carbons (Fsp3) is 0. The van der Waals surface area contributed by atoms with Crippen LogP contribution in [0.15, 0.2) is 255 Å². The number of rotatable bonds is 9. The van der Waals surface area contributed by atoms with E-state index in [1.54, 1.807) is 0 Å². The molecule has 310 valence electrons. The quantitative estimate of drug-likeness (QED) is 0.131. The average Bonchev–Trinajstić information content (AvgIpc) is 3.71. The van der Waals surface area contributed by atoms with Gasteiger partial charge in [-0.05, 0) is 145 Å². The first kappa shape index (κ1) is 38.9. The van der Waals surface area contributed by atoms with Crippen LogP contribution in [0.5, 0.6) is 0 Å². The van der Waals surface area contributed by atoms with Crippen LogP contribution in [0.3, 0.4) is 0 Å². The van der Waals surface area contributed by atoms with E-state index in [2.05, 4.69) is 276 Å². The largest absolute Gasteiger partial charge is 0.310 e. The number of aromatic nitrogens is 1. The Morgan fingerprint density at radius 3 is 1.41 bits per heavy atom. The Labute approximate surface area is 385 Å². The predicted molar refractivity (Wildman–Crippen MR) is 282 cm³/mol. The van der Waals surface area contributed by atoms with Crippen molar-refractivity contribution in [2.45, 2.75) is 0 Å². The van der Waals surface area contributed by atoms with Gasteiger partial charge in [0.25, 0.3) is 0 Å². The maximum Gasteiger partial charge on any atom is 0.0561 e. The molecule has 0 bridgehead atoms. The van der Waals surface area contributed by atoms with Crippen LogP contribution in [0, 0.1) is 0 Å². The standard InChI is InChI=1S/C64H44N2/c1-5-15-47(16-6-1)48-30-32-49(33-31-48)61-42-50-17-13-14-18-51(50)43-62(61)54-35-34-52-39-45(27-29-53(52)41-54)25-26-46-28-37-59-60-38-36-58(44-64(60)66(63(59)40-46)57-23-11-4-12-24-57)65(55-19-7-2-8-20-55)56-21-9-3-10-22-56/h1-44H/b26-25+. The Morgan fingerprint density at radius 2 is 0.742 bits per heavy atom. The van der Waals surface area contributed by atoms with Gasteiger partial charge < -0.3 is 9.47 Å². The Morgan fingerprint density at radius 1 is 0.288 bits per heavy atom. The van der Waals surface area contributed by atoms with E-state index in [0.717, 1.165) is 39.4 Å². The molecule has 2 nitrogen and oxygen atoms in total. The lowest BCUT2D eigenvalue weighted by atomic mass is 9.90. The maximum absolute atomic E-state index is 2.41. The SMILES string of the molecule is C(=C\c1ccc2c3ccc(N(c4ccccc4)c4ccccc4)cc3n(-c3ccccc3)c2c1)/c1ccc2cc(-c3cc4ccccc4cc3-c3ccc(-c4ccccc4)cc3)ccc2c1. The first-order valence-corrected chi connectivity index (χ1v) is 22.7. The molecule has 0 aliphatic carbocycles. The maximum atomic E-state index is 2.41. The van der Waals surface area contributed by atoms with E-state index >= 15 is 0 Å². The lowest BCUT2D eigenvalue weighted by Gasteiger charge is -2.25. The molecule has 0 spiro atoms. The second kappa shape index (κ2) is 16.8. The zero-order valence-corrected chi connectivity index (χ0v) is 36.3. The van der Waals surface area contributed by atoms with Gasteiger partial charge >= 0.3 is 0 Å². The first-order chi connectivity index (χ1) is 32.7. The van der Waals surface area contributed by atoms with Gasteiger partial charge in [-0.2, -0.15) is 0 Å². The van der Waals surface area contributed by atoms with Crippen LogP contribution in [-0.2, 0) is 0 Å². The molecule has 0 fully saturated rings. The van der Waals surface area contributed by atoms with Crippen LogP contribution >= 0.6 is 0 Å². The van der Waals surface area contributed by atoms with Crippen LogP contribution in [0.25, 0.3) is 94.6 Å². The molecule has 1 heterocycles. The number of anilines is 3. The summed E-state index contributed by atoms with van der Waals surface area (Å²) >= 11 is 0. The monoisotopic (exact) mass is 840 g/mol. The minimum atomic E-state index is 1.11. The van der Waals surface area contributed by atoms with E-state index in [9.17, 15) is 0 Å². The van der Waals surface area contributed by atoms with Gasteiger partial charge in [0, 0.05) is 33.5 Å². The molecule has 0 aliphatic heterocycles. The van der Waals surface area contributed by atoms with Crippen LogP contribution in [0.1, 0.15) is 11.1 Å². The second-order valence-electron chi connectivity index (χ2n) is 17.0. The first-order valence-electron chi connectivity index (χ1n) is 22.7. The molecular weight excluding hydrogens is 797 g/mol. The molecule has 0 amide bonds. The lowest BCUT2D eigenvalue weighted by Crippen LogP contribution is -2.09. The molecule has 0 N–H and O–H groups in total. The lowest BCUT2D eigenvalue weighted by molar-refractivity contribution is 1.18. The van der Waals surface area contributed by atoms with Gasteiger partial charge in [0.2, 0.25) is 0 Å². The van der Waals surface area contributed by atoms with Crippen molar-refractivity contribution in [1.29, 1.82) is 0 Å². The molecule has 12 aromatic rings. The molecule has 12 rings (SSSR count). The highest BCUT2D eigenvalue weighted by Crippen LogP contribution is 2.41. The zero-order valence-electron chi connectivity index (χ0n) is 36.3. The summed E-state index contributed by atoms with van der Waals surface area (Å²) in [6.07, 6.45) is 4.48. The summed E-state index contributed by atoms with van der Waals surface area (Å²) in [6.45, 7) is 0. The molecule has 0 radical (unpaired) electrons. The minimum absolute atomic E-state index is 1.11. The Balaban J connectivity index is 0.890. The van der Waals surface area contributed by atoms with Gasteiger partial charge in [-0.15, -0.1) is 0 Å². The molecule has 0 saturated heterocycles. The fourth-order valence-corrected chi connectivity index (χ4v) is 9.64. The summed E-state index contributed by atoms with van der Waals surface area (Å²) in [5, 5.41) is 7.36. The topological polar surface area (TPSA) is 8.17 Å². The van der Waals surface area contributed by atoms with E-state index in [-0.39, 0.29) is 0 Å². The van der Waals surface area contributed by atoms with Crippen molar-refractivity contribution in [3.8, 4) is 39.1 Å². The Hall–Kier alpha value is -8.72. The van der Waals surface area contributed by atoms with Gasteiger partial charge in [-0.25, -0.2) is 0 Å². The number of hydrogen-bond acceptors (Lipinski definition) is 1. The molecule has 2 heteroatoms. The fourth-order valence-electron chi connectivity index (χ4n) is 9.64. The number of nitrogens with zero attached hydrogens (tertiary/aromatic N) is 2. The summed E-state index contributed by atoms with van der Waals surface area (Å²) < 4.78 is 2.41. The highest BCUT2D eigenvalue weighted by atomic mass is 15.1. The molecule has 0 atom stereocenters. The van der Waals surface area contributed by atoms with Crippen molar-refractivity contribution in [1.82, 2.24) is 4.57 Å². The highest BCUT2D eigenvalue weighted by molar-refractivity contribution is 6.11. The third kappa shape index (κ3) is 7.31. The second-order valence-corrected chi connectivity index (χ2v) is 17.0.